The minimum Gasteiger partial charge on any atom is -0.494 e. The molecule has 0 saturated carbocycles. The number of primary amides is 1. The van der Waals surface area contributed by atoms with Crippen LogP contribution in [0.25, 0.3) is 5.57 Å². The Balaban J connectivity index is 3.48. The Morgan fingerprint density at radius 3 is 2.52 bits per heavy atom. The molecule has 0 unspecified atom stereocenters. The molecule has 0 saturated heterocycles. The number of amides is 1. The molecule has 0 aliphatic carbocycles. The zero-order valence-electron chi connectivity index (χ0n) is 13.1. The Labute approximate surface area is 125 Å². The van der Waals surface area contributed by atoms with Gasteiger partial charge >= 0.3 is 0 Å². The van der Waals surface area contributed by atoms with E-state index in [4.69, 9.17) is 16.2 Å². The quantitative estimate of drug-likeness (QED) is 0.513. The van der Waals surface area contributed by atoms with Crippen LogP contribution >= 0.6 is 0 Å². The van der Waals surface area contributed by atoms with Crippen LogP contribution in [0, 0.1) is 0 Å². The third-order valence-electron chi connectivity index (χ3n) is 3.29. The van der Waals surface area contributed by atoms with E-state index in [9.17, 15) is 4.79 Å². The van der Waals surface area contributed by atoms with Crippen molar-refractivity contribution in [2.24, 2.45) is 5.73 Å². The van der Waals surface area contributed by atoms with Crippen LogP contribution < -0.4 is 21.5 Å². The number of nitrogens with two attached hydrogens (primary N) is 2. The van der Waals surface area contributed by atoms with Crippen molar-refractivity contribution in [3.63, 3.8) is 0 Å². The smallest absolute Gasteiger partial charge is 0.248 e. The number of nitrogens with zero attached hydrogens (tertiary/aromatic N) is 1. The molecular formula is C15H24N4O2. The number of methoxy groups -OCH3 is 1. The third-order valence-corrected chi connectivity index (χ3v) is 3.29. The molecule has 1 rings (SSSR count). The van der Waals surface area contributed by atoms with Crippen LogP contribution in [-0.4, -0.2) is 45.6 Å². The van der Waals surface area contributed by atoms with Crippen LogP contribution in [0.2, 0.25) is 0 Å². The van der Waals surface area contributed by atoms with Gasteiger partial charge in [0, 0.05) is 36.0 Å². The maximum Gasteiger partial charge on any atom is 0.248 e. The molecule has 0 aromatic heterocycles. The highest BCUT2D eigenvalue weighted by Gasteiger charge is 2.20. The number of nitrogen functional groups attached to an aromatic ring is 1. The second-order valence-corrected chi connectivity index (χ2v) is 5.05. The average molecular weight is 292 g/mol. The molecule has 0 aliphatic heterocycles. The van der Waals surface area contributed by atoms with Gasteiger partial charge in [-0.05, 0) is 26.6 Å². The van der Waals surface area contributed by atoms with Gasteiger partial charge in [-0.3, -0.25) is 4.79 Å². The Kier molecular flexibility index (Phi) is 5.60. The summed E-state index contributed by atoms with van der Waals surface area (Å²) in [6.45, 7) is 4.56. The van der Waals surface area contributed by atoms with Gasteiger partial charge in [-0.1, -0.05) is 6.58 Å². The summed E-state index contributed by atoms with van der Waals surface area (Å²) in [5.74, 6) is 0.0387. The molecule has 1 amide bonds. The molecule has 116 valence electrons. The van der Waals surface area contributed by atoms with Gasteiger partial charge < -0.3 is 26.4 Å². The van der Waals surface area contributed by atoms with E-state index in [1.54, 1.807) is 20.2 Å². The van der Waals surface area contributed by atoms with Crippen LogP contribution in [0.4, 0.5) is 11.4 Å². The predicted molar refractivity (Wildman–Crippen MR) is 87.4 cm³/mol. The van der Waals surface area contributed by atoms with Crippen LogP contribution in [0.5, 0.6) is 5.75 Å². The topological polar surface area (TPSA) is 93.6 Å². The number of rotatable bonds is 7. The highest BCUT2D eigenvalue weighted by atomic mass is 16.5. The largest absolute Gasteiger partial charge is 0.494 e. The van der Waals surface area contributed by atoms with E-state index < -0.39 is 5.91 Å². The van der Waals surface area contributed by atoms with Crippen molar-refractivity contribution in [2.75, 3.05) is 45.8 Å². The monoisotopic (exact) mass is 292 g/mol. The van der Waals surface area contributed by atoms with Gasteiger partial charge in [-0.2, -0.15) is 0 Å². The summed E-state index contributed by atoms with van der Waals surface area (Å²) in [5, 5.41) is 3.10. The van der Waals surface area contributed by atoms with Crippen LogP contribution in [0.3, 0.4) is 0 Å². The van der Waals surface area contributed by atoms with E-state index in [0.29, 0.717) is 17.0 Å². The average Bonchev–Trinajstić information content (AvgIpc) is 2.43. The molecule has 0 heterocycles. The Morgan fingerprint density at radius 1 is 1.48 bits per heavy atom. The lowest BCUT2D eigenvalue weighted by molar-refractivity contribution is -0.112. The van der Waals surface area contributed by atoms with E-state index in [2.05, 4.69) is 16.8 Å². The summed E-state index contributed by atoms with van der Waals surface area (Å²) in [4.78, 5) is 13.5. The number of anilines is 2. The summed E-state index contributed by atoms with van der Waals surface area (Å²) in [5.41, 5.74) is 14.3. The first kappa shape index (κ1) is 16.8. The van der Waals surface area contributed by atoms with Crippen molar-refractivity contribution in [2.45, 2.75) is 6.42 Å². The highest BCUT2D eigenvalue weighted by Crippen LogP contribution is 2.38. The van der Waals surface area contributed by atoms with Crippen molar-refractivity contribution in [1.29, 1.82) is 0 Å². The maximum absolute atomic E-state index is 11.4. The van der Waals surface area contributed by atoms with Crippen molar-refractivity contribution < 1.29 is 9.53 Å². The van der Waals surface area contributed by atoms with Crippen molar-refractivity contribution >= 4 is 22.9 Å². The predicted octanol–water partition coefficient (Wildman–Crippen LogP) is 0.922. The van der Waals surface area contributed by atoms with E-state index in [1.807, 2.05) is 14.1 Å². The molecule has 0 bridgehead atoms. The first-order valence-electron chi connectivity index (χ1n) is 6.64. The van der Waals surface area contributed by atoms with Gasteiger partial charge in [-0.25, -0.2) is 0 Å². The Hall–Kier alpha value is -2.21. The summed E-state index contributed by atoms with van der Waals surface area (Å²) < 4.78 is 5.42. The van der Waals surface area contributed by atoms with Crippen molar-refractivity contribution in [3.8, 4) is 5.75 Å². The lowest BCUT2D eigenvalue weighted by Crippen LogP contribution is -2.18. The van der Waals surface area contributed by atoms with E-state index in [-0.39, 0.29) is 5.57 Å². The van der Waals surface area contributed by atoms with E-state index >= 15 is 0 Å². The maximum atomic E-state index is 11.4. The molecule has 21 heavy (non-hydrogen) atoms. The Bertz CT molecular complexity index is 553. The first-order chi connectivity index (χ1) is 9.83. The minimum atomic E-state index is -0.574. The summed E-state index contributed by atoms with van der Waals surface area (Å²) >= 11 is 0. The number of benzene rings is 1. The second-order valence-electron chi connectivity index (χ2n) is 5.05. The number of hydrogen-bond acceptors (Lipinski definition) is 5. The zero-order chi connectivity index (χ0) is 16.2. The highest BCUT2D eigenvalue weighted by molar-refractivity contribution is 6.20. The van der Waals surface area contributed by atoms with E-state index in [0.717, 1.165) is 24.2 Å². The molecule has 6 heteroatoms. The molecule has 0 atom stereocenters. The molecule has 0 radical (unpaired) electrons. The molecule has 0 spiro atoms. The number of ether oxygens (including phenoxy) is 1. The second kappa shape index (κ2) is 6.99. The molecule has 1 aromatic carbocycles. The Morgan fingerprint density at radius 2 is 2.10 bits per heavy atom. The molecular weight excluding hydrogens is 268 g/mol. The van der Waals surface area contributed by atoms with Gasteiger partial charge in [0.25, 0.3) is 0 Å². The third kappa shape index (κ3) is 3.66. The lowest BCUT2D eigenvalue weighted by atomic mass is 9.96. The van der Waals surface area contributed by atoms with Crippen LogP contribution in [-0.2, 0) is 11.2 Å². The number of hydrogen-bond donors (Lipinski definition) is 3. The fourth-order valence-corrected chi connectivity index (χ4v) is 2.21. The zero-order valence-corrected chi connectivity index (χ0v) is 13.1. The van der Waals surface area contributed by atoms with Crippen molar-refractivity contribution in [1.82, 2.24) is 4.90 Å². The molecule has 5 N–H and O–H groups in total. The van der Waals surface area contributed by atoms with Crippen molar-refractivity contribution in [3.05, 3.63) is 23.8 Å². The fraction of sp³-hybridized carbons (Fsp3) is 0.400. The van der Waals surface area contributed by atoms with Crippen LogP contribution in [0.1, 0.15) is 11.1 Å². The number of likely N-dealkylation sites (N-methyl/N-ethyl adjacent to an activating group) is 1. The standard InChI is InChI=1S/C15H24N4O2/c1-9(15(17)20)11-8-12(16)14(21-5)10(13(11)18-2)6-7-19(3)4/h8,18H,1,6-7,16H2,2-5H3,(H2,17,20). The normalized spacial score (nSPS) is 10.5. The van der Waals surface area contributed by atoms with Gasteiger partial charge in [0.15, 0.2) is 0 Å². The summed E-state index contributed by atoms with van der Waals surface area (Å²) in [6, 6.07) is 1.66. The van der Waals surface area contributed by atoms with Gasteiger partial charge in [0.05, 0.1) is 12.8 Å². The first-order valence-corrected chi connectivity index (χ1v) is 6.64. The lowest BCUT2D eigenvalue weighted by Gasteiger charge is -2.21. The minimum absolute atomic E-state index is 0.222. The molecule has 0 fully saturated rings. The molecule has 6 nitrogen and oxygen atoms in total. The van der Waals surface area contributed by atoms with Crippen LogP contribution in [0.15, 0.2) is 12.6 Å². The number of carbonyl (C=O) groups is 1. The van der Waals surface area contributed by atoms with Gasteiger partial charge in [-0.15, -0.1) is 0 Å². The number of carbonyl (C=O) groups excluding carboxylic acids is 1. The summed E-state index contributed by atoms with van der Waals surface area (Å²) in [7, 11) is 7.33. The fourth-order valence-electron chi connectivity index (χ4n) is 2.21. The van der Waals surface area contributed by atoms with Gasteiger partial charge in [0.1, 0.15) is 5.75 Å². The number of nitrogens with one attached hydrogen (secondary N) is 1. The molecule has 1 aromatic rings. The van der Waals surface area contributed by atoms with E-state index in [1.165, 1.54) is 0 Å². The SMILES string of the molecule is C=C(C(N)=O)c1cc(N)c(OC)c(CCN(C)C)c1NC. The van der Waals surface area contributed by atoms with Gasteiger partial charge in [0.2, 0.25) is 5.91 Å². The molecule has 0 aliphatic rings. The summed E-state index contributed by atoms with van der Waals surface area (Å²) in [6.07, 6.45) is 0.719.